The number of fused-ring (bicyclic) bond motifs is 1. The maximum atomic E-state index is 2.75. The third-order valence-electron chi connectivity index (χ3n) is 4.02. The van der Waals surface area contributed by atoms with Crippen molar-refractivity contribution in [2.75, 3.05) is 6.54 Å². The van der Waals surface area contributed by atoms with Gasteiger partial charge in [0.1, 0.15) is 0 Å². The van der Waals surface area contributed by atoms with Gasteiger partial charge in [0, 0.05) is 12.1 Å². The second-order valence-electron chi connectivity index (χ2n) is 4.89. The van der Waals surface area contributed by atoms with Gasteiger partial charge in [0.2, 0.25) is 0 Å². The number of piperidine rings is 1. The van der Waals surface area contributed by atoms with Crippen molar-refractivity contribution >= 4 is 0 Å². The van der Waals surface area contributed by atoms with E-state index in [0.717, 1.165) is 6.04 Å². The van der Waals surface area contributed by atoms with Gasteiger partial charge in [-0.05, 0) is 44.2 Å². The van der Waals surface area contributed by atoms with Crippen molar-refractivity contribution in [3.05, 3.63) is 35.9 Å². The molecule has 2 heterocycles. The molecule has 0 radical (unpaired) electrons. The molecule has 0 saturated carbocycles. The van der Waals surface area contributed by atoms with Gasteiger partial charge in [-0.2, -0.15) is 0 Å². The van der Waals surface area contributed by atoms with E-state index in [1.807, 2.05) is 0 Å². The highest BCUT2D eigenvalue weighted by Crippen LogP contribution is 2.38. The zero-order chi connectivity index (χ0) is 10.1. The van der Waals surface area contributed by atoms with Crippen LogP contribution in [0, 0.1) is 0 Å². The molecule has 0 unspecified atom stereocenters. The Morgan fingerprint density at radius 1 is 0.933 bits per heavy atom. The third-order valence-corrected chi connectivity index (χ3v) is 4.02. The van der Waals surface area contributed by atoms with Crippen LogP contribution in [0.15, 0.2) is 30.3 Å². The van der Waals surface area contributed by atoms with E-state index in [-0.39, 0.29) is 0 Å². The van der Waals surface area contributed by atoms with E-state index >= 15 is 0 Å². The van der Waals surface area contributed by atoms with Crippen LogP contribution in [-0.2, 0) is 0 Å². The molecule has 80 valence electrons. The van der Waals surface area contributed by atoms with Crippen LogP contribution >= 0.6 is 0 Å². The Balaban J connectivity index is 1.85. The van der Waals surface area contributed by atoms with Crippen molar-refractivity contribution in [1.29, 1.82) is 0 Å². The summed E-state index contributed by atoms with van der Waals surface area (Å²) in [5, 5.41) is 0. The molecule has 0 N–H and O–H groups in total. The molecule has 2 atom stereocenters. The van der Waals surface area contributed by atoms with E-state index in [1.54, 1.807) is 0 Å². The van der Waals surface area contributed by atoms with Crippen LogP contribution in [-0.4, -0.2) is 17.5 Å². The monoisotopic (exact) mass is 201 g/mol. The van der Waals surface area contributed by atoms with Crippen LogP contribution in [0.25, 0.3) is 0 Å². The van der Waals surface area contributed by atoms with Crippen LogP contribution in [0.2, 0.25) is 0 Å². The molecule has 2 saturated heterocycles. The van der Waals surface area contributed by atoms with Gasteiger partial charge in [-0.1, -0.05) is 30.3 Å². The van der Waals surface area contributed by atoms with Gasteiger partial charge in [-0.25, -0.2) is 0 Å². The average molecular weight is 201 g/mol. The molecular formula is C14H19N. The minimum atomic E-state index is 0.715. The Bertz CT molecular complexity index is 319. The molecule has 1 aromatic carbocycles. The first-order valence-electron chi connectivity index (χ1n) is 6.26. The van der Waals surface area contributed by atoms with Gasteiger partial charge >= 0.3 is 0 Å². The maximum absolute atomic E-state index is 2.75. The standard InChI is InChI=1S/C14H19N/c1-2-6-12(7-3-1)14-10-4-8-13-9-5-11-15(13)14/h1-3,6-7,13-14H,4-5,8-11H2/t13-,14+/m0/s1. The van der Waals surface area contributed by atoms with Crippen molar-refractivity contribution in [2.45, 2.75) is 44.2 Å². The number of rotatable bonds is 1. The molecule has 2 aliphatic rings. The van der Waals surface area contributed by atoms with E-state index in [4.69, 9.17) is 0 Å². The lowest BCUT2D eigenvalue weighted by atomic mass is 9.92. The quantitative estimate of drug-likeness (QED) is 0.673. The molecule has 0 aromatic heterocycles. The largest absolute Gasteiger partial charge is 0.293 e. The Morgan fingerprint density at radius 2 is 1.73 bits per heavy atom. The van der Waals surface area contributed by atoms with Crippen LogP contribution in [0.3, 0.4) is 0 Å². The van der Waals surface area contributed by atoms with Crippen molar-refractivity contribution < 1.29 is 0 Å². The average Bonchev–Trinajstić information content (AvgIpc) is 2.78. The summed E-state index contributed by atoms with van der Waals surface area (Å²) >= 11 is 0. The SMILES string of the molecule is c1ccc([C@H]2CCC[C@H]3CCCN32)cc1. The topological polar surface area (TPSA) is 3.24 Å². The zero-order valence-corrected chi connectivity index (χ0v) is 9.23. The highest BCUT2D eigenvalue weighted by Gasteiger charge is 2.34. The zero-order valence-electron chi connectivity index (χ0n) is 9.23. The normalized spacial score (nSPS) is 31.5. The van der Waals surface area contributed by atoms with Gasteiger partial charge in [0.15, 0.2) is 0 Å². The number of hydrogen-bond acceptors (Lipinski definition) is 1. The molecule has 0 amide bonds. The van der Waals surface area contributed by atoms with E-state index in [0.29, 0.717) is 6.04 Å². The van der Waals surface area contributed by atoms with Crippen molar-refractivity contribution in [3.8, 4) is 0 Å². The molecule has 3 rings (SSSR count). The third kappa shape index (κ3) is 1.69. The lowest BCUT2D eigenvalue weighted by molar-refractivity contribution is 0.123. The van der Waals surface area contributed by atoms with E-state index in [9.17, 15) is 0 Å². The minimum absolute atomic E-state index is 0.715. The first-order valence-corrected chi connectivity index (χ1v) is 6.26. The van der Waals surface area contributed by atoms with E-state index in [1.165, 1.54) is 44.2 Å². The van der Waals surface area contributed by atoms with Gasteiger partial charge in [0.05, 0.1) is 0 Å². The first kappa shape index (κ1) is 9.41. The summed E-state index contributed by atoms with van der Waals surface area (Å²) in [5.74, 6) is 0. The predicted octanol–water partition coefficient (Wildman–Crippen LogP) is 3.38. The fourth-order valence-electron chi connectivity index (χ4n) is 3.32. The summed E-state index contributed by atoms with van der Waals surface area (Å²) in [7, 11) is 0. The molecule has 1 nitrogen and oxygen atoms in total. The molecule has 2 fully saturated rings. The summed E-state index contributed by atoms with van der Waals surface area (Å²) in [6.45, 7) is 1.32. The molecule has 0 spiro atoms. The lowest BCUT2D eigenvalue weighted by Gasteiger charge is -2.38. The number of hydrogen-bond donors (Lipinski definition) is 0. The maximum Gasteiger partial charge on any atom is 0.0351 e. The fraction of sp³-hybridized carbons (Fsp3) is 0.571. The molecule has 1 aromatic rings. The molecular weight excluding hydrogens is 182 g/mol. The minimum Gasteiger partial charge on any atom is -0.293 e. The lowest BCUT2D eigenvalue weighted by Crippen LogP contribution is -2.37. The Kier molecular flexibility index (Phi) is 2.49. The van der Waals surface area contributed by atoms with Gasteiger partial charge in [-0.3, -0.25) is 4.90 Å². The van der Waals surface area contributed by atoms with Crippen LogP contribution in [0.4, 0.5) is 0 Å². The van der Waals surface area contributed by atoms with Crippen molar-refractivity contribution in [2.24, 2.45) is 0 Å². The smallest absolute Gasteiger partial charge is 0.0351 e. The molecule has 2 aliphatic heterocycles. The Morgan fingerprint density at radius 3 is 2.60 bits per heavy atom. The molecule has 0 bridgehead atoms. The summed E-state index contributed by atoms with van der Waals surface area (Å²) in [5.41, 5.74) is 1.53. The summed E-state index contributed by atoms with van der Waals surface area (Å²) < 4.78 is 0. The highest BCUT2D eigenvalue weighted by atomic mass is 15.2. The number of benzene rings is 1. The molecule has 1 heteroatoms. The second kappa shape index (κ2) is 3.97. The number of nitrogens with zero attached hydrogens (tertiary/aromatic N) is 1. The Labute approximate surface area is 92.1 Å². The van der Waals surface area contributed by atoms with E-state index < -0.39 is 0 Å². The van der Waals surface area contributed by atoms with Crippen LogP contribution in [0.5, 0.6) is 0 Å². The summed E-state index contributed by atoms with van der Waals surface area (Å²) in [6, 6.07) is 12.7. The van der Waals surface area contributed by atoms with Gasteiger partial charge in [-0.15, -0.1) is 0 Å². The van der Waals surface area contributed by atoms with Crippen LogP contribution in [0.1, 0.15) is 43.7 Å². The summed E-state index contributed by atoms with van der Waals surface area (Å²) in [4.78, 5) is 2.75. The molecule has 15 heavy (non-hydrogen) atoms. The van der Waals surface area contributed by atoms with Gasteiger partial charge < -0.3 is 0 Å². The van der Waals surface area contributed by atoms with Crippen molar-refractivity contribution in [3.63, 3.8) is 0 Å². The van der Waals surface area contributed by atoms with Crippen LogP contribution < -0.4 is 0 Å². The Hall–Kier alpha value is -0.820. The fourth-order valence-corrected chi connectivity index (χ4v) is 3.32. The molecule has 0 aliphatic carbocycles. The van der Waals surface area contributed by atoms with Gasteiger partial charge in [0.25, 0.3) is 0 Å². The summed E-state index contributed by atoms with van der Waals surface area (Å²) in [6.07, 6.45) is 7.06. The van der Waals surface area contributed by atoms with Crippen molar-refractivity contribution in [1.82, 2.24) is 4.90 Å². The second-order valence-corrected chi connectivity index (χ2v) is 4.89. The predicted molar refractivity (Wildman–Crippen MR) is 62.8 cm³/mol. The van der Waals surface area contributed by atoms with E-state index in [2.05, 4.69) is 35.2 Å². The first-order chi connectivity index (χ1) is 7.45. The highest BCUT2D eigenvalue weighted by molar-refractivity contribution is 5.20.